The molecule has 0 bridgehead atoms. The fourth-order valence-electron chi connectivity index (χ4n) is 2.93. The Kier molecular flexibility index (Phi) is 4.82. The predicted octanol–water partition coefficient (Wildman–Crippen LogP) is 2.80. The number of nitro groups is 1. The second-order valence-corrected chi connectivity index (χ2v) is 7.67. The lowest BCUT2D eigenvalue weighted by Gasteiger charge is -2.19. The van der Waals surface area contributed by atoms with Crippen LogP contribution in [0.15, 0.2) is 15.0 Å². The van der Waals surface area contributed by atoms with Crippen LogP contribution in [0.1, 0.15) is 19.9 Å². The van der Waals surface area contributed by atoms with E-state index in [1.807, 2.05) is 24.5 Å². The molecule has 2 aromatic rings. The number of halogens is 2. The lowest BCUT2D eigenvalue weighted by atomic mass is 10.2. The number of anilines is 1. The molecule has 0 amide bonds. The van der Waals surface area contributed by atoms with Gasteiger partial charge in [0.2, 0.25) is 5.95 Å². The van der Waals surface area contributed by atoms with E-state index in [1.54, 1.807) is 0 Å². The molecule has 3 N–H and O–H groups in total. The molecule has 2 atom stereocenters. The summed E-state index contributed by atoms with van der Waals surface area (Å²) in [6, 6.07) is 1.66. The van der Waals surface area contributed by atoms with Crippen molar-refractivity contribution in [3.63, 3.8) is 0 Å². The van der Waals surface area contributed by atoms with Crippen LogP contribution in [0.3, 0.4) is 0 Å². The smallest absolute Gasteiger partial charge is 0.312 e. The molecule has 3 rings (SSSR count). The molecular formula is C14H17Br2N5O3. The third-order valence-corrected chi connectivity index (χ3v) is 6.01. The molecule has 1 aliphatic heterocycles. The molecule has 0 saturated carbocycles. The summed E-state index contributed by atoms with van der Waals surface area (Å²) in [7, 11) is 0. The third kappa shape index (κ3) is 2.92. The van der Waals surface area contributed by atoms with Crippen molar-refractivity contribution < 1.29 is 10.0 Å². The van der Waals surface area contributed by atoms with Gasteiger partial charge in [-0.15, -0.1) is 0 Å². The van der Waals surface area contributed by atoms with Crippen LogP contribution in [0.5, 0.6) is 0 Å². The second kappa shape index (κ2) is 6.58. The fourth-order valence-corrected chi connectivity index (χ4v) is 3.78. The zero-order valence-electron chi connectivity index (χ0n) is 13.1. The molecule has 0 radical (unpaired) electrons. The highest BCUT2D eigenvalue weighted by molar-refractivity contribution is 9.13. The molecule has 10 heteroatoms. The Labute approximate surface area is 155 Å². The van der Waals surface area contributed by atoms with Gasteiger partial charge in [-0.3, -0.25) is 10.1 Å². The number of rotatable bonds is 4. The van der Waals surface area contributed by atoms with E-state index in [2.05, 4.69) is 47.5 Å². The number of hydrogen-bond acceptors (Lipinski definition) is 6. The molecule has 1 aromatic heterocycles. The van der Waals surface area contributed by atoms with Crippen molar-refractivity contribution in [3.8, 4) is 0 Å². The first-order chi connectivity index (χ1) is 11.3. The van der Waals surface area contributed by atoms with Gasteiger partial charge in [-0.2, -0.15) is 0 Å². The van der Waals surface area contributed by atoms with Crippen molar-refractivity contribution in [2.75, 3.05) is 18.4 Å². The molecule has 0 unspecified atom stereocenters. The SMILES string of the molecule is CC(C)n1c(N[C@H]2CNC[C@@H]2O)nc2c([N+](=O)[O-])c(Br)c(Br)cc21. The van der Waals surface area contributed by atoms with Crippen LogP contribution in [-0.2, 0) is 0 Å². The number of aliphatic hydroxyl groups excluding tert-OH is 1. The normalized spacial score (nSPS) is 20.9. The Morgan fingerprint density at radius 2 is 2.21 bits per heavy atom. The Morgan fingerprint density at radius 1 is 1.50 bits per heavy atom. The number of aliphatic hydroxyl groups is 1. The van der Waals surface area contributed by atoms with Gasteiger partial charge >= 0.3 is 5.69 Å². The average Bonchev–Trinajstić information content (AvgIpc) is 3.04. The van der Waals surface area contributed by atoms with E-state index in [9.17, 15) is 15.2 Å². The van der Waals surface area contributed by atoms with Gasteiger partial charge in [-0.25, -0.2) is 4.98 Å². The van der Waals surface area contributed by atoms with Gasteiger partial charge in [0.25, 0.3) is 0 Å². The highest BCUT2D eigenvalue weighted by atomic mass is 79.9. The Hall–Kier alpha value is -1.23. The zero-order chi connectivity index (χ0) is 17.6. The second-order valence-electron chi connectivity index (χ2n) is 6.02. The average molecular weight is 463 g/mol. The Bertz CT molecular complexity index is 808. The highest BCUT2D eigenvalue weighted by Crippen LogP contribution is 2.40. The molecule has 1 aromatic carbocycles. The van der Waals surface area contributed by atoms with E-state index < -0.39 is 11.0 Å². The van der Waals surface area contributed by atoms with Crippen LogP contribution in [0, 0.1) is 10.1 Å². The minimum absolute atomic E-state index is 0.0386. The maximum absolute atomic E-state index is 11.5. The fraction of sp³-hybridized carbons (Fsp3) is 0.500. The molecular weight excluding hydrogens is 446 g/mol. The summed E-state index contributed by atoms with van der Waals surface area (Å²) in [5.41, 5.74) is 0.897. The first kappa shape index (κ1) is 17.6. The number of fused-ring (bicyclic) bond motifs is 1. The van der Waals surface area contributed by atoms with E-state index in [4.69, 9.17) is 0 Å². The summed E-state index contributed by atoms with van der Waals surface area (Å²) in [5, 5.41) is 27.8. The summed E-state index contributed by atoms with van der Waals surface area (Å²) in [6.07, 6.45) is -0.529. The van der Waals surface area contributed by atoms with Gasteiger partial charge in [-0.1, -0.05) is 0 Å². The largest absolute Gasteiger partial charge is 0.390 e. The van der Waals surface area contributed by atoms with E-state index in [1.165, 1.54) is 0 Å². The number of imidazole rings is 1. The van der Waals surface area contributed by atoms with Crippen LogP contribution < -0.4 is 10.6 Å². The number of nitrogens with one attached hydrogen (secondary N) is 2. The van der Waals surface area contributed by atoms with E-state index in [0.29, 0.717) is 39.0 Å². The number of hydrogen-bond donors (Lipinski definition) is 3. The number of β-amino-alcohol motifs (C(OH)–C–C–N with tert-alkyl or cyclic N) is 1. The third-order valence-electron chi connectivity index (χ3n) is 4.05. The summed E-state index contributed by atoms with van der Waals surface area (Å²) in [4.78, 5) is 15.5. The van der Waals surface area contributed by atoms with Gasteiger partial charge in [0.05, 0.1) is 22.6 Å². The van der Waals surface area contributed by atoms with Crippen molar-refractivity contribution >= 4 is 54.5 Å². The highest BCUT2D eigenvalue weighted by Gasteiger charge is 2.30. The van der Waals surface area contributed by atoms with Crippen LogP contribution >= 0.6 is 31.9 Å². The maximum Gasteiger partial charge on any atom is 0.312 e. The van der Waals surface area contributed by atoms with Gasteiger partial charge in [0, 0.05) is 23.6 Å². The molecule has 0 spiro atoms. The van der Waals surface area contributed by atoms with Crippen LogP contribution in [-0.4, -0.2) is 44.8 Å². The molecule has 8 nitrogen and oxygen atoms in total. The molecule has 1 saturated heterocycles. The first-order valence-corrected chi connectivity index (χ1v) is 9.09. The van der Waals surface area contributed by atoms with Gasteiger partial charge in [0.15, 0.2) is 5.52 Å². The van der Waals surface area contributed by atoms with Crippen molar-refractivity contribution in [3.05, 3.63) is 25.1 Å². The summed E-state index contributed by atoms with van der Waals surface area (Å²) in [6.45, 7) is 5.09. The molecule has 2 heterocycles. The molecule has 24 heavy (non-hydrogen) atoms. The minimum atomic E-state index is -0.529. The van der Waals surface area contributed by atoms with Crippen LogP contribution in [0.25, 0.3) is 11.0 Å². The quantitative estimate of drug-likeness (QED) is 0.476. The van der Waals surface area contributed by atoms with Gasteiger partial charge < -0.3 is 20.3 Å². The minimum Gasteiger partial charge on any atom is -0.390 e. The maximum atomic E-state index is 11.5. The predicted molar refractivity (Wildman–Crippen MR) is 98.5 cm³/mol. The van der Waals surface area contributed by atoms with Crippen molar-refractivity contribution in [2.45, 2.75) is 32.0 Å². The van der Waals surface area contributed by atoms with E-state index >= 15 is 0 Å². The lowest BCUT2D eigenvalue weighted by Crippen LogP contribution is -2.33. The molecule has 1 fully saturated rings. The van der Waals surface area contributed by atoms with Crippen LogP contribution in [0.4, 0.5) is 11.6 Å². The van der Waals surface area contributed by atoms with E-state index in [-0.39, 0.29) is 17.8 Å². The molecule has 1 aliphatic rings. The van der Waals surface area contributed by atoms with Crippen molar-refractivity contribution in [1.29, 1.82) is 0 Å². The van der Waals surface area contributed by atoms with Crippen LogP contribution in [0.2, 0.25) is 0 Å². The van der Waals surface area contributed by atoms with Crippen molar-refractivity contribution in [1.82, 2.24) is 14.9 Å². The molecule has 0 aliphatic carbocycles. The molecule has 130 valence electrons. The monoisotopic (exact) mass is 461 g/mol. The Morgan fingerprint density at radius 3 is 2.75 bits per heavy atom. The standard InChI is InChI=1S/C14H17Br2N5O3/c1-6(2)20-9-3-7(15)11(16)13(21(23)24)12(9)19-14(20)18-8-4-17-5-10(8)22/h3,6,8,10,17,22H,4-5H2,1-2H3,(H,18,19)/t8-,10-/m0/s1. The first-order valence-electron chi connectivity index (χ1n) is 7.51. The van der Waals surface area contributed by atoms with Crippen molar-refractivity contribution in [2.24, 2.45) is 0 Å². The lowest BCUT2D eigenvalue weighted by molar-refractivity contribution is -0.384. The number of nitrogens with zero attached hydrogens (tertiary/aromatic N) is 3. The number of benzene rings is 1. The number of aromatic nitrogens is 2. The summed E-state index contributed by atoms with van der Waals surface area (Å²) < 4.78 is 2.87. The van der Waals surface area contributed by atoms with Gasteiger partial charge in [0.1, 0.15) is 4.47 Å². The van der Waals surface area contributed by atoms with E-state index in [0.717, 1.165) is 0 Å². The topological polar surface area (TPSA) is 105 Å². The summed E-state index contributed by atoms with van der Waals surface area (Å²) >= 11 is 6.63. The Balaban J connectivity index is 2.20. The zero-order valence-corrected chi connectivity index (χ0v) is 16.3. The van der Waals surface area contributed by atoms with Gasteiger partial charge in [-0.05, 0) is 51.8 Å². The number of nitro benzene ring substituents is 1. The summed E-state index contributed by atoms with van der Waals surface area (Å²) in [5.74, 6) is 0.515.